The molecule has 4 aromatic rings. The van der Waals surface area contributed by atoms with E-state index in [1.165, 1.54) is 5.56 Å². The standard InChI is InChI=1S/C24H28N4O/c1-18-10-11-21-20(16-18)24(29)23-22(17-25-27(23)3)28(21)14-7-13-26(2)15-12-19-8-5-4-6-9-19/h4-6,8-11,16-17H,7,12-15H2,1-3H3. The van der Waals surface area contributed by atoms with Crippen LogP contribution in [0.4, 0.5) is 0 Å². The van der Waals surface area contributed by atoms with Gasteiger partial charge in [-0.3, -0.25) is 9.48 Å². The molecule has 2 aromatic carbocycles. The van der Waals surface area contributed by atoms with Gasteiger partial charge >= 0.3 is 0 Å². The number of rotatable bonds is 7. The lowest BCUT2D eigenvalue weighted by Crippen LogP contribution is -2.24. The quantitative estimate of drug-likeness (QED) is 0.484. The molecule has 0 amide bonds. The largest absolute Gasteiger partial charge is 0.338 e. The number of hydrogen-bond donors (Lipinski definition) is 0. The van der Waals surface area contributed by atoms with Crippen molar-refractivity contribution in [3.05, 3.63) is 76.1 Å². The van der Waals surface area contributed by atoms with Crippen molar-refractivity contribution in [2.75, 3.05) is 20.1 Å². The van der Waals surface area contributed by atoms with Gasteiger partial charge in [0.15, 0.2) is 0 Å². The zero-order chi connectivity index (χ0) is 20.4. The lowest BCUT2D eigenvalue weighted by atomic mass is 10.1. The molecule has 0 fully saturated rings. The molecular weight excluding hydrogens is 360 g/mol. The minimum Gasteiger partial charge on any atom is -0.338 e. The van der Waals surface area contributed by atoms with Gasteiger partial charge in [0.25, 0.3) is 0 Å². The van der Waals surface area contributed by atoms with E-state index >= 15 is 0 Å². The molecular formula is C24H28N4O. The minimum absolute atomic E-state index is 0.0647. The molecule has 0 bridgehead atoms. The van der Waals surface area contributed by atoms with Crippen molar-refractivity contribution in [3.8, 4) is 0 Å². The monoisotopic (exact) mass is 388 g/mol. The first-order valence-electron chi connectivity index (χ1n) is 10.2. The Hall–Kier alpha value is -2.92. The Morgan fingerprint density at radius 1 is 1.03 bits per heavy atom. The zero-order valence-corrected chi connectivity index (χ0v) is 17.4. The average molecular weight is 389 g/mol. The summed E-state index contributed by atoms with van der Waals surface area (Å²) in [5.41, 5.74) is 5.13. The molecule has 4 rings (SSSR count). The van der Waals surface area contributed by atoms with Crippen LogP contribution in [0.15, 0.2) is 59.5 Å². The van der Waals surface area contributed by atoms with Gasteiger partial charge in [-0.2, -0.15) is 5.10 Å². The van der Waals surface area contributed by atoms with Gasteiger partial charge in [-0.15, -0.1) is 0 Å². The summed E-state index contributed by atoms with van der Waals surface area (Å²) in [6, 6.07) is 16.7. The zero-order valence-electron chi connectivity index (χ0n) is 17.4. The van der Waals surface area contributed by atoms with Gasteiger partial charge in [0.05, 0.1) is 17.2 Å². The Kier molecular flexibility index (Phi) is 5.49. The second kappa shape index (κ2) is 8.21. The third-order valence-electron chi connectivity index (χ3n) is 5.66. The third-order valence-corrected chi connectivity index (χ3v) is 5.66. The number of aryl methyl sites for hydroxylation is 3. The molecule has 2 aromatic heterocycles. The van der Waals surface area contributed by atoms with Crippen LogP contribution in [0.3, 0.4) is 0 Å². The summed E-state index contributed by atoms with van der Waals surface area (Å²) in [5.74, 6) is 0. The molecule has 0 saturated heterocycles. The Balaban J connectivity index is 1.53. The summed E-state index contributed by atoms with van der Waals surface area (Å²) in [4.78, 5) is 15.4. The van der Waals surface area contributed by atoms with Gasteiger partial charge in [0, 0.05) is 25.5 Å². The van der Waals surface area contributed by atoms with Crippen LogP contribution in [0.25, 0.3) is 21.9 Å². The summed E-state index contributed by atoms with van der Waals surface area (Å²) in [6.07, 6.45) is 3.89. The van der Waals surface area contributed by atoms with Crippen LogP contribution in [0.5, 0.6) is 0 Å². The smallest absolute Gasteiger partial charge is 0.215 e. The normalized spacial score (nSPS) is 11.7. The van der Waals surface area contributed by atoms with Crippen LogP contribution in [0.2, 0.25) is 0 Å². The Bertz CT molecular complexity index is 1190. The summed E-state index contributed by atoms with van der Waals surface area (Å²) in [5, 5.41) is 5.13. The van der Waals surface area contributed by atoms with Crippen LogP contribution in [-0.2, 0) is 20.0 Å². The van der Waals surface area contributed by atoms with E-state index in [0.717, 1.165) is 54.5 Å². The van der Waals surface area contributed by atoms with Gasteiger partial charge in [-0.05, 0) is 51.1 Å². The van der Waals surface area contributed by atoms with E-state index < -0.39 is 0 Å². The summed E-state index contributed by atoms with van der Waals surface area (Å²) < 4.78 is 3.95. The lowest BCUT2D eigenvalue weighted by Gasteiger charge is -2.18. The molecule has 0 atom stereocenters. The van der Waals surface area contributed by atoms with E-state index in [2.05, 4.69) is 64.1 Å². The molecule has 0 saturated carbocycles. The molecule has 0 N–H and O–H groups in total. The summed E-state index contributed by atoms with van der Waals surface area (Å²) in [7, 11) is 4.02. The number of hydrogen-bond acceptors (Lipinski definition) is 3. The SMILES string of the molecule is Cc1ccc2c(c1)c(=O)c1c(cnn1C)n2CCCN(C)CCc1ccccc1. The average Bonchev–Trinajstić information content (AvgIpc) is 3.11. The number of likely N-dealkylation sites (N-methyl/N-ethyl adjacent to an activating group) is 1. The van der Waals surface area contributed by atoms with Crippen molar-refractivity contribution in [1.82, 2.24) is 19.2 Å². The van der Waals surface area contributed by atoms with E-state index in [4.69, 9.17) is 0 Å². The van der Waals surface area contributed by atoms with Gasteiger partial charge in [0.1, 0.15) is 5.52 Å². The Labute approximate surface area is 171 Å². The van der Waals surface area contributed by atoms with Gasteiger partial charge in [-0.25, -0.2) is 0 Å². The predicted octanol–water partition coefficient (Wildman–Crippen LogP) is 3.76. The second-order valence-electron chi connectivity index (χ2n) is 7.90. The van der Waals surface area contributed by atoms with E-state index in [0.29, 0.717) is 5.52 Å². The fourth-order valence-electron chi connectivity index (χ4n) is 4.03. The lowest BCUT2D eigenvalue weighted by molar-refractivity contribution is 0.327. The van der Waals surface area contributed by atoms with E-state index in [1.54, 1.807) is 4.68 Å². The maximum Gasteiger partial charge on any atom is 0.215 e. The predicted molar refractivity (Wildman–Crippen MR) is 119 cm³/mol. The number of benzene rings is 2. The van der Waals surface area contributed by atoms with Gasteiger partial charge < -0.3 is 9.47 Å². The highest BCUT2D eigenvalue weighted by molar-refractivity contribution is 5.92. The van der Waals surface area contributed by atoms with E-state index in [1.807, 2.05) is 26.2 Å². The number of pyridine rings is 1. The van der Waals surface area contributed by atoms with Crippen molar-refractivity contribution < 1.29 is 0 Å². The van der Waals surface area contributed by atoms with E-state index in [-0.39, 0.29) is 5.43 Å². The highest BCUT2D eigenvalue weighted by Gasteiger charge is 2.14. The fraction of sp³-hybridized carbons (Fsp3) is 0.333. The highest BCUT2D eigenvalue weighted by Crippen LogP contribution is 2.20. The molecule has 0 aliphatic rings. The molecule has 5 nitrogen and oxygen atoms in total. The molecule has 0 aliphatic heterocycles. The third kappa shape index (κ3) is 3.96. The van der Waals surface area contributed by atoms with Crippen LogP contribution in [0, 0.1) is 6.92 Å². The topological polar surface area (TPSA) is 43.1 Å². The number of aromatic nitrogens is 3. The molecule has 0 aliphatic carbocycles. The van der Waals surface area contributed by atoms with Crippen molar-refractivity contribution in [2.45, 2.75) is 26.3 Å². The molecule has 0 spiro atoms. The number of fused-ring (bicyclic) bond motifs is 2. The first kappa shape index (κ1) is 19.4. The van der Waals surface area contributed by atoms with Crippen molar-refractivity contribution in [3.63, 3.8) is 0 Å². The highest BCUT2D eigenvalue weighted by atomic mass is 16.1. The number of nitrogens with zero attached hydrogens (tertiary/aromatic N) is 4. The maximum absolute atomic E-state index is 13.0. The summed E-state index contributed by atoms with van der Waals surface area (Å²) in [6.45, 7) is 4.93. The molecule has 150 valence electrons. The Morgan fingerprint density at radius 3 is 2.62 bits per heavy atom. The van der Waals surface area contributed by atoms with Crippen molar-refractivity contribution in [2.24, 2.45) is 7.05 Å². The van der Waals surface area contributed by atoms with Crippen molar-refractivity contribution >= 4 is 21.9 Å². The maximum atomic E-state index is 13.0. The molecule has 0 unspecified atom stereocenters. The van der Waals surface area contributed by atoms with Crippen LogP contribution in [-0.4, -0.2) is 39.4 Å². The second-order valence-corrected chi connectivity index (χ2v) is 7.90. The van der Waals surface area contributed by atoms with Crippen LogP contribution < -0.4 is 5.43 Å². The first-order chi connectivity index (χ1) is 14.0. The molecule has 0 radical (unpaired) electrons. The first-order valence-corrected chi connectivity index (χ1v) is 10.2. The molecule has 29 heavy (non-hydrogen) atoms. The van der Waals surface area contributed by atoms with Gasteiger partial charge in [0.2, 0.25) is 5.43 Å². The van der Waals surface area contributed by atoms with Crippen LogP contribution >= 0.6 is 0 Å². The summed E-state index contributed by atoms with van der Waals surface area (Å²) >= 11 is 0. The molecule has 5 heteroatoms. The van der Waals surface area contributed by atoms with Crippen molar-refractivity contribution in [1.29, 1.82) is 0 Å². The van der Waals surface area contributed by atoms with E-state index in [9.17, 15) is 4.79 Å². The molecule has 2 heterocycles. The van der Waals surface area contributed by atoms with Crippen LogP contribution in [0.1, 0.15) is 17.5 Å². The van der Waals surface area contributed by atoms with Gasteiger partial charge in [-0.1, -0.05) is 42.0 Å². The minimum atomic E-state index is 0.0647. The fourth-order valence-corrected chi connectivity index (χ4v) is 4.03. The Morgan fingerprint density at radius 2 is 1.83 bits per heavy atom.